The van der Waals surface area contributed by atoms with Gasteiger partial charge in [-0.15, -0.1) is 0 Å². The van der Waals surface area contributed by atoms with E-state index >= 15 is 0 Å². The van der Waals surface area contributed by atoms with E-state index < -0.39 is 31.4 Å². The monoisotopic (exact) mass is 327 g/mol. The molecule has 0 aliphatic rings. The zero-order valence-electron chi connectivity index (χ0n) is 8.32. The number of halogens is 1. The molecule has 86 valence electrons. The van der Waals surface area contributed by atoms with E-state index in [9.17, 15) is 14.7 Å². The molecule has 15 heavy (non-hydrogen) atoms. The molecule has 0 fully saturated rings. The number of hydrogen-bond donors (Lipinski definition) is 3. The molecule has 0 radical (unpaired) electrons. The van der Waals surface area contributed by atoms with Gasteiger partial charge in [0.1, 0.15) is 0 Å². The Labute approximate surface area is 97.9 Å². The number of rotatable bonds is 5. The molecule has 0 spiro atoms. The number of carbonyl (C=O) groups excluding carboxylic acids is 1. The number of nitrogens with zero attached hydrogens (tertiary/aromatic N) is 1. The summed E-state index contributed by atoms with van der Waals surface area (Å²) >= 11 is -1.45. The van der Waals surface area contributed by atoms with Crippen molar-refractivity contribution in [1.82, 2.24) is 8.43 Å². The molecular weight excluding hydrogens is 315 g/mol. The van der Waals surface area contributed by atoms with Crippen LogP contribution in [-0.2, 0) is 4.79 Å². The Bertz CT molecular complexity index is 312. The van der Waals surface area contributed by atoms with Gasteiger partial charge in [-0.3, -0.25) is 0 Å². The predicted molar refractivity (Wildman–Crippen MR) is 49.7 cm³/mol. The van der Waals surface area contributed by atoms with Crippen molar-refractivity contribution in [3.8, 4) is 0 Å². The fourth-order valence-electron chi connectivity index (χ4n) is 0.773. The van der Waals surface area contributed by atoms with E-state index in [1.165, 1.54) is 4.90 Å². The van der Waals surface area contributed by atoms with Crippen molar-refractivity contribution in [3.05, 3.63) is 24.1 Å². The van der Waals surface area contributed by atoms with E-state index in [4.69, 9.17) is 5.11 Å². The van der Waals surface area contributed by atoms with Crippen molar-refractivity contribution >= 4 is 9.88 Å². The Morgan fingerprint density at radius 3 is 2.27 bits per heavy atom. The minimum absolute atomic E-state index is 0.00838. The standard InChI is InChI=1S/C8H12IN2O4/c1-4-5(12)6(11(2)3)7(13)10-9-8(14)15/h4,12H,1H2,2-3H3,(H,10,13)(H,14,15)/q-1/b6-5+. The van der Waals surface area contributed by atoms with Gasteiger partial charge in [-0.25, -0.2) is 0 Å². The number of carboxylic acid groups (broad SMARTS) is 1. The summed E-state index contributed by atoms with van der Waals surface area (Å²) < 4.78 is 1.20. The van der Waals surface area contributed by atoms with Crippen molar-refractivity contribution in [2.75, 3.05) is 14.1 Å². The molecule has 0 aromatic heterocycles. The Hall–Kier alpha value is -1.25. The van der Waals surface area contributed by atoms with Gasteiger partial charge in [-0.2, -0.15) is 0 Å². The fraction of sp³-hybridized carbons (Fsp3) is 0.250. The number of aliphatic hydroxyl groups is 1. The van der Waals surface area contributed by atoms with E-state index in [0.717, 1.165) is 6.08 Å². The van der Waals surface area contributed by atoms with Crippen LogP contribution in [0.5, 0.6) is 0 Å². The molecule has 0 unspecified atom stereocenters. The summed E-state index contributed by atoms with van der Waals surface area (Å²) in [7, 11) is 3.13. The third-order valence-electron chi connectivity index (χ3n) is 1.31. The number of hydrogen-bond acceptors (Lipinski definition) is 4. The quantitative estimate of drug-likeness (QED) is 0.128. The minimum atomic E-state index is -1.45. The zero-order valence-corrected chi connectivity index (χ0v) is 10.5. The number of nitrogens with one attached hydrogen (secondary N) is 1. The molecule has 0 aliphatic heterocycles. The van der Waals surface area contributed by atoms with Gasteiger partial charge < -0.3 is 0 Å². The fourth-order valence-corrected chi connectivity index (χ4v) is 1.50. The molecule has 0 saturated carbocycles. The van der Waals surface area contributed by atoms with Crippen molar-refractivity contribution < 1.29 is 41.3 Å². The molecule has 0 atom stereocenters. The summed E-state index contributed by atoms with van der Waals surface area (Å²) in [5, 5.41) is 17.7. The molecule has 0 rings (SSSR count). The molecule has 1 amide bonds. The van der Waals surface area contributed by atoms with Crippen LogP contribution in [0.3, 0.4) is 0 Å². The van der Waals surface area contributed by atoms with Crippen molar-refractivity contribution in [2.24, 2.45) is 0 Å². The van der Waals surface area contributed by atoms with E-state index in [0.29, 0.717) is 0 Å². The second-order valence-corrected chi connectivity index (χ2v) is 4.61. The summed E-state index contributed by atoms with van der Waals surface area (Å²) in [5.41, 5.74) is -0.00838. The SMILES string of the molecule is C=C/C(O)=C(/C(=O)N[I-]C(=O)O)N(C)C. The molecule has 0 aromatic carbocycles. The van der Waals surface area contributed by atoms with Crippen LogP contribution in [0.4, 0.5) is 4.79 Å². The maximum atomic E-state index is 11.4. The van der Waals surface area contributed by atoms with Crippen LogP contribution in [0.25, 0.3) is 0 Å². The van der Waals surface area contributed by atoms with Crippen molar-refractivity contribution in [3.63, 3.8) is 0 Å². The molecule has 0 heterocycles. The molecule has 7 heteroatoms. The van der Waals surface area contributed by atoms with Gasteiger partial charge in [0.05, 0.1) is 0 Å². The summed E-state index contributed by atoms with van der Waals surface area (Å²) in [6.45, 7) is 3.32. The Morgan fingerprint density at radius 1 is 1.40 bits per heavy atom. The molecular formula is C8H12IN2O4-. The molecule has 0 bridgehead atoms. The van der Waals surface area contributed by atoms with Crippen LogP contribution >= 0.6 is 0 Å². The molecule has 0 saturated heterocycles. The van der Waals surface area contributed by atoms with Gasteiger partial charge in [-0.05, 0) is 0 Å². The van der Waals surface area contributed by atoms with Crippen molar-refractivity contribution in [1.29, 1.82) is 0 Å². The summed E-state index contributed by atoms with van der Waals surface area (Å²) in [4.78, 5) is 23.1. The van der Waals surface area contributed by atoms with Gasteiger partial charge in [0.25, 0.3) is 0 Å². The summed E-state index contributed by atoms with van der Waals surface area (Å²) in [6.07, 6.45) is 1.12. The molecule has 0 aliphatic carbocycles. The van der Waals surface area contributed by atoms with Crippen LogP contribution in [0.1, 0.15) is 0 Å². The topological polar surface area (TPSA) is 89.9 Å². The first kappa shape index (κ1) is 13.8. The number of amides is 1. The number of aliphatic hydroxyl groups excluding tert-OH is 1. The number of likely N-dealkylation sites (N-methyl/N-ethyl adjacent to an activating group) is 1. The first-order valence-corrected chi connectivity index (χ1v) is 5.96. The zero-order chi connectivity index (χ0) is 12.0. The first-order chi connectivity index (χ1) is 6.90. The molecule has 0 aromatic rings. The molecule has 3 N–H and O–H groups in total. The average molecular weight is 327 g/mol. The van der Waals surface area contributed by atoms with Gasteiger partial charge in [-0.1, -0.05) is 0 Å². The van der Waals surface area contributed by atoms with Crippen LogP contribution in [0.2, 0.25) is 0 Å². The van der Waals surface area contributed by atoms with Gasteiger partial charge in [0.2, 0.25) is 0 Å². The predicted octanol–water partition coefficient (Wildman–Crippen LogP) is -2.70. The summed E-state index contributed by atoms with van der Waals surface area (Å²) in [5.74, 6) is -0.903. The van der Waals surface area contributed by atoms with E-state index in [2.05, 4.69) is 10.1 Å². The summed E-state index contributed by atoms with van der Waals surface area (Å²) in [6, 6.07) is 0. The third kappa shape index (κ3) is 4.68. The van der Waals surface area contributed by atoms with E-state index in [-0.39, 0.29) is 11.5 Å². The van der Waals surface area contributed by atoms with E-state index in [1.54, 1.807) is 14.1 Å². The Kier molecular flexibility index (Phi) is 5.75. The first-order valence-electron chi connectivity index (χ1n) is 3.80. The Morgan fingerprint density at radius 2 is 1.93 bits per heavy atom. The normalized spacial score (nSPS) is 11.6. The molecule has 6 nitrogen and oxygen atoms in total. The average Bonchev–Trinajstić information content (AvgIpc) is 2.14. The second kappa shape index (κ2) is 6.27. The number of allylic oxidation sites excluding steroid dienone is 1. The van der Waals surface area contributed by atoms with Crippen LogP contribution in [0, 0.1) is 0 Å². The van der Waals surface area contributed by atoms with Crippen molar-refractivity contribution in [2.45, 2.75) is 0 Å². The Balaban J connectivity index is 4.73. The van der Waals surface area contributed by atoms with Crippen LogP contribution in [-0.4, -0.2) is 39.1 Å². The van der Waals surface area contributed by atoms with Crippen LogP contribution in [0.15, 0.2) is 24.1 Å². The van der Waals surface area contributed by atoms with Gasteiger partial charge in [0, 0.05) is 0 Å². The number of carbonyl (C=O) groups is 2. The van der Waals surface area contributed by atoms with Gasteiger partial charge in [0.15, 0.2) is 0 Å². The maximum absolute atomic E-state index is 11.4. The second-order valence-electron chi connectivity index (χ2n) is 2.60. The van der Waals surface area contributed by atoms with Crippen LogP contribution < -0.4 is 25.0 Å². The van der Waals surface area contributed by atoms with Gasteiger partial charge >= 0.3 is 97.8 Å². The third-order valence-corrected chi connectivity index (χ3v) is 2.53. The van der Waals surface area contributed by atoms with E-state index in [1.807, 2.05) is 0 Å².